The molecule has 3 rings (SSSR count). The monoisotopic (exact) mass is 375 g/mol. The van der Waals surface area contributed by atoms with E-state index in [-0.39, 0.29) is 11.7 Å². The fourth-order valence-corrected chi connectivity index (χ4v) is 3.67. The summed E-state index contributed by atoms with van der Waals surface area (Å²) in [6, 6.07) is 4.22. The fraction of sp³-hybridized carbons (Fsp3) is 0.500. The third-order valence-corrected chi connectivity index (χ3v) is 4.82. The van der Waals surface area contributed by atoms with Gasteiger partial charge in [0.25, 0.3) is 5.91 Å². The molecule has 1 aromatic carbocycles. The third-order valence-electron chi connectivity index (χ3n) is 3.93. The Balaban J connectivity index is 1.59. The Bertz CT molecular complexity index is 508. The molecule has 0 aliphatic carbocycles. The number of benzene rings is 1. The summed E-state index contributed by atoms with van der Waals surface area (Å²) in [6.45, 7) is 0.646. The molecule has 0 radical (unpaired) electrons. The molecule has 1 aromatic rings. The molecule has 1 N–H and O–H groups in total. The Morgan fingerprint density at radius 1 is 1.47 bits per heavy atom. The van der Waals surface area contributed by atoms with Crippen LogP contribution in [0.25, 0.3) is 0 Å². The second-order valence-corrected chi connectivity index (χ2v) is 6.37. The molecule has 2 aliphatic heterocycles. The van der Waals surface area contributed by atoms with Crippen LogP contribution < -0.4 is 5.32 Å². The highest BCUT2D eigenvalue weighted by atomic mass is 127. The first-order valence-corrected chi connectivity index (χ1v) is 7.60. The minimum Gasteiger partial charge on any atom is -0.375 e. The largest absolute Gasteiger partial charge is 0.375 e. The summed E-state index contributed by atoms with van der Waals surface area (Å²) in [5.74, 6) is -0.0181. The lowest BCUT2D eigenvalue weighted by atomic mass is 9.89. The third kappa shape index (κ3) is 2.76. The SMILES string of the molecule is O=C(NCC1CC2CCC1O2)c1ccc(F)cc1I. The molecular weight excluding hydrogens is 360 g/mol. The lowest BCUT2D eigenvalue weighted by Gasteiger charge is -2.19. The van der Waals surface area contributed by atoms with Crippen LogP contribution in [0.1, 0.15) is 29.6 Å². The molecule has 3 unspecified atom stereocenters. The molecule has 3 nitrogen and oxygen atoms in total. The van der Waals surface area contributed by atoms with Gasteiger partial charge in [-0.15, -0.1) is 0 Å². The maximum atomic E-state index is 13.0. The van der Waals surface area contributed by atoms with Gasteiger partial charge in [-0.3, -0.25) is 4.79 Å². The molecule has 2 bridgehead atoms. The normalized spacial score (nSPS) is 28.6. The quantitative estimate of drug-likeness (QED) is 0.826. The molecule has 2 aliphatic rings. The average Bonchev–Trinajstić information content (AvgIpc) is 2.98. The van der Waals surface area contributed by atoms with E-state index in [1.54, 1.807) is 0 Å². The van der Waals surface area contributed by atoms with Gasteiger partial charge in [-0.05, 0) is 60.1 Å². The Kier molecular flexibility index (Phi) is 3.75. The summed E-state index contributed by atoms with van der Waals surface area (Å²) in [6.07, 6.45) is 4.03. The van der Waals surface area contributed by atoms with Crippen LogP contribution in [0, 0.1) is 15.3 Å². The van der Waals surface area contributed by atoms with Crippen LogP contribution in [0.4, 0.5) is 4.39 Å². The van der Waals surface area contributed by atoms with Crippen LogP contribution >= 0.6 is 22.6 Å². The molecule has 2 fully saturated rings. The summed E-state index contributed by atoms with van der Waals surface area (Å²) in [5, 5.41) is 2.94. The van der Waals surface area contributed by atoms with E-state index in [0.29, 0.717) is 33.8 Å². The number of ether oxygens (including phenoxy) is 1. The Hall–Kier alpha value is -0.690. The van der Waals surface area contributed by atoms with Crippen molar-refractivity contribution in [2.45, 2.75) is 31.5 Å². The molecular formula is C14H15FINO2. The minimum absolute atomic E-state index is 0.132. The van der Waals surface area contributed by atoms with E-state index in [9.17, 15) is 9.18 Å². The van der Waals surface area contributed by atoms with Gasteiger partial charge in [-0.25, -0.2) is 4.39 Å². The first-order valence-electron chi connectivity index (χ1n) is 6.52. The van der Waals surface area contributed by atoms with E-state index in [0.717, 1.165) is 19.3 Å². The molecule has 2 saturated heterocycles. The number of carbonyl (C=O) groups excluding carboxylic acids is 1. The van der Waals surface area contributed by atoms with Gasteiger partial charge in [-0.2, -0.15) is 0 Å². The highest BCUT2D eigenvalue weighted by Gasteiger charge is 2.40. The van der Waals surface area contributed by atoms with Crippen molar-refractivity contribution in [3.63, 3.8) is 0 Å². The summed E-state index contributed by atoms with van der Waals surface area (Å²) in [4.78, 5) is 12.1. The van der Waals surface area contributed by atoms with E-state index in [1.165, 1.54) is 18.2 Å². The molecule has 5 heteroatoms. The number of nitrogens with one attached hydrogen (secondary N) is 1. The Morgan fingerprint density at radius 3 is 2.95 bits per heavy atom. The van der Waals surface area contributed by atoms with Gasteiger partial charge < -0.3 is 10.1 Å². The van der Waals surface area contributed by atoms with Gasteiger partial charge in [0.2, 0.25) is 0 Å². The predicted molar refractivity (Wildman–Crippen MR) is 77.5 cm³/mol. The Morgan fingerprint density at radius 2 is 2.32 bits per heavy atom. The number of hydrogen-bond acceptors (Lipinski definition) is 2. The van der Waals surface area contributed by atoms with Crippen molar-refractivity contribution in [3.05, 3.63) is 33.1 Å². The van der Waals surface area contributed by atoms with E-state index in [4.69, 9.17) is 4.74 Å². The van der Waals surface area contributed by atoms with Crippen molar-refractivity contribution >= 4 is 28.5 Å². The number of hydrogen-bond donors (Lipinski definition) is 1. The van der Waals surface area contributed by atoms with Crippen LogP contribution in [-0.2, 0) is 4.74 Å². The van der Waals surface area contributed by atoms with E-state index in [2.05, 4.69) is 5.32 Å². The standard InChI is InChI=1S/C14H15FINO2/c15-9-1-3-11(12(16)6-9)14(18)17-7-8-5-10-2-4-13(8)19-10/h1,3,6,8,10,13H,2,4-5,7H2,(H,17,18). The first kappa shape index (κ1) is 13.3. The van der Waals surface area contributed by atoms with Crippen molar-refractivity contribution in [1.29, 1.82) is 0 Å². The minimum atomic E-state index is -0.317. The lowest BCUT2D eigenvalue weighted by Crippen LogP contribution is -2.33. The van der Waals surface area contributed by atoms with E-state index < -0.39 is 0 Å². The van der Waals surface area contributed by atoms with Gasteiger partial charge in [-0.1, -0.05) is 0 Å². The van der Waals surface area contributed by atoms with Crippen LogP contribution in [-0.4, -0.2) is 24.7 Å². The second kappa shape index (κ2) is 5.36. The lowest BCUT2D eigenvalue weighted by molar-refractivity contribution is 0.0873. The maximum absolute atomic E-state index is 13.0. The highest BCUT2D eigenvalue weighted by Crippen LogP contribution is 2.38. The maximum Gasteiger partial charge on any atom is 0.252 e. The molecule has 102 valence electrons. The molecule has 19 heavy (non-hydrogen) atoms. The van der Waals surface area contributed by atoms with Crippen molar-refractivity contribution in [3.8, 4) is 0 Å². The van der Waals surface area contributed by atoms with Crippen molar-refractivity contribution in [2.24, 2.45) is 5.92 Å². The van der Waals surface area contributed by atoms with Gasteiger partial charge in [0.15, 0.2) is 0 Å². The molecule has 1 amide bonds. The van der Waals surface area contributed by atoms with Gasteiger partial charge in [0.05, 0.1) is 17.8 Å². The van der Waals surface area contributed by atoms with Crippen LogP contribution in [0.5, 0.6) is 0 Å². The van der Waals surface area contributed by atoms with Gasteiger partial charge >= 0.3 is 0 Å². The second-order valence-electron chi connectivity index (χ2n) is 5.20. The molecule has 0 aromatic heterocycles. The molecule has 0 spiro atoms. The van der Waals surface area contributed by atoms with Crippen LogP contribution in [0.15, 0.2) is 18.2 Å². The topological polar surface area (TPSA) is 38.3 Å². The zero-order chi connectivity index (χ0) is 13.4. The first-order chi connectivity index (χ1) is 9.13. The van der Waals surface area contributed by atoms with Crippen LogP contribution in [0.3, 0.4) is 0 Å². The van der Waals surface area contributed by atoms with Crippen molar-refractivity contribution in [2.75, 3.05) is 6.54 Å². The number of carbonyl (C=O) groups is 1. The summed E-state index contributed by atoms with van der Waals surface area (Å²) >= 11 is 1.98. The zero-order valence-electron chi connectivity index (χ0n) is 10.4. The Labute approximate surface area is 125 Å². The van der Waals surface area contributed by atoms with E-state index >= 15 is 0 Å². The van der Waals surface area contributed by atoms with Gasteiger partial charge in [0.1, 0.15) is 5.82 Å². The number of fused-ring (bicyclic) bond motifs is 2. The number of rotatable bonds is 3. The fourth-order valence-electron chi connectivity index (χ4n) is 2.95. The summed E-state index contributed by atoms with van der Waals surface area (Å²) in [7, 11) is 0. The molecule has 2 heterocycles. The number of amides is 1. The molecule has 3 atom stereocenters. The smallest absolute Gasteiger partial charge is 0.252 e. The average molecular weight is 375 g/mol. The van der Waals surface area contributed by atoms with Crippen molar-refractivity contribution < 1.29 is 13.9 Å². The highest BCUT2D eigenvalue weighted by molar-refractivity contribution is 14.1. The predicted octanol–water partition coefficient (Wildman–Crippen LogP) is 2.73. The number of halogens is 2. The summed E-state index contributed by atoms with van der Waals surface area (Å²) in [5.41, 5.74) is 0.533. The van der Waals surface area contributed by atoms with Crippen molar-refractivity contribution in [1.82, 2.24) is 5.32 Å². The van der Waals surface area contributed by atoms with Crippen LogP contribution in [0.2, 0.25) is 0 Å². The van der Waals surface area contributed by atoms with E-state index in [1.807, 2.05) is 22.6 Å². The summed E-state index contributed by atoms with van der Waals surface area (Å²) < 4.78 is 19.4. The van der Waals surface area contributed by atoms with Gasteiger partial charge in [0, 0.05) is 16.0 Å². The molecule has 0 saturated carbocycles. The zero-order valence-corrected chi connectivity index (χ0v) is 12.5.